The number of aliphatic hydroxyl groups is 1. The minimum Gasteiger partial charge on any atom is -0.436 e. The number of carbonyl (C=O) groups excluding carboxylic acids is 3. The molecular formula is C8H8O6. The van der Waals surface area contributed by atoms with E-state index in [4.69, 9.17) is 0 Å². The molecule has 2 rings (SSSR count). The summed E-state index contributed by atoms with van der Waals surface area (Å²) in [4.78, 5) is 32.7. The Balaban J connectivity index is 2.12. The molecule has 2 aliphatic heterocycles. The van der Waals surface area contributed by atoms with Gasteiger partial charge in [0.2, 0.25) is 6.29 Å². The van der Waals surface area contributed by atoms with Gasteiger partial charge in [-0.25, -0.2) is 0 Å². The van der Waals surface area contributed by atoms with Gasteiger partial charge in [-0.3, -0.25) is 14.4 Å². The van der Waals surface area contributed by atoms with Gasteiger partial charge in [-0.1, -0.05) is 0 Å². The predicted octanol–water partition coefficient (Wildman–Crippen LogP) is -1.04. The molecule has 0 bridgehead atoms. The highest BCUT2D eigenvalue weighted by Gasteiger charge is 2.47. The number of cyclic esters (lactones) is 3. The van der Waals surface area contributed by atoms with Crippen LogP contribution in [0, 0.1) is 11.8 Å². The molecule has 0 aromatic heterocycles. The maximum atomic E-state index is 11.1. The Labute approximate surface area is 78.8 Å². The van der Waals surface area contributed by atoms with Gasteiger partial charge in [0, 0.05) is 5.92 Å². The van der Waals surface area contributed by atoms with E-state index in [2.05, 4.69) is 9.47 Å². The summed E-state index contributed by atoms with van der Waals surface area (Å²) in [5.74, 6) is -3.26. The van der Waals surface area contributed by atoms with Crippen LogP contribution in [0.5, 0.6) is 0 Å². The van der Waals surface area contributed by atoms with Gasteiger partial charge in [-0.2, -0.15) is 0 Å². The summed E-state index contributed by atoms with van der Waals surface area (Å²) in [7, 11) is 0. The Morgan fingerprint density at radius 1 is 1.14 bits per heavy atom. The first-order valence-electron chi connectivity index (χ1n) is 4.20. The van der Waals surface area contributed by atoms with Crippen LogP contribution in [-0.2, 0) is 23.9 Å². The molecule has 0 spiro atoms. The summed E-state index contributed by atoms with van der Waals surface area (Å²) in [6.45, 7) is 0. The van der Waals surface area contributed by atoms with Crippen LogP contribution >= 0.6 is 0 Å². The maximum Gasteiger partial charge on any atom is 0.317 e. The smallest absolute Gasteiger partial charge is 0.317 e. The quantitative estimate of drug-likeness (QED) is 0.429. The van der Waals surface area contributed by atoms with Crippen LogP contribution in [-0.4, -0.2) is 29.3 Å². The van der Waals surface area contributed by atoms with Gasteiger partial charge in [-0.05, 0) is 0 Å². The van der Waals surface area contributed by atoms with Gasteiger partial charge in [-0.15, -0.1) is 0 Å². The molecule has 0 aromatic carbocycles. The van der Waals surface area contributed by atoms with Crippen molar-refractivity contribution in [1.29, 1.82) is 0 Å². The van der Waals surface area contributed by atoms with E-state index in [-0.39, 0.29) is 12.8 Å². The van der Waals surface area contributed by atoms with E-state index in [0.29, 0.717) is 0 Å². The average Bonchev–Trinajstić information content (AvgIpc) is 2.55. The molecule has 1 N–H and O–H groups in total. The Hall–Kier alpha value is -1.43. The van der Waals surface area contributed by atoms with Crippen molar-refractivity contribution in [2.45, 2.75) is 19.1 Å². The van der Waals surface area contributed by atoms with Crippen LogP contribution in [0.3, 0.4) is 0 Å². The molecule has 3 unspecified atom stereocenters. The molecular weight excluding hydrogens is 192 g/mol. The molecule has 0 aromatic rings. The van der Waals surface area contributed by atoms with E-state index in [0.717, 1.165) is 0 Å². The molecule has 3 atom stereocenters. The summed E-state index contributed by atoms with van der Waals surface area (Å²) in [6, 6.07) is 0. The fraction of sp³-hybridized carbons (Fsp3) is 0.625. The summed E-state index contributed by atoms with van der Waals surface area (Å²) >= 11 is 0. The second-order valence-electron chi connectivity index (χ2n) is 3.35. The molecule has 0 radical (unpaired) electrons. The molecule has 0 saturated carbocycles. The third-order valence-corrected chi connectivity index (χ3v) is 2.44. The number of rotatable bonds is 1. The van der Waals surface area contributed by atoms with Crippen LogP contribution < -0.4 is 0 Å². The van der Waals surface area contributed by atoms with Crippen LogP contribution in [0.4, 0.5) is 0 Å². The highest BCUT2D eigenvalue weighted by molar-refractivity contribution is 5.95. The lowest BCUT2D eigenvalue weighted by molar-refractivity contribution is -0.161. The predicted molar refractivity (Wildman–Crippen MR) is 39.4 cm³/mol. The monoisotopic (exact) mass is 200 g/mol. The van der Waals surface area contributed by atoms with Crippen LogP contribution in [0.15, 0.2) is 0 Å². The van der Waals surface area contributed by atoms with Crippen LogP contribution in [0.2, 0.25) is 0 Å². The Bertz CT molecular complexity index is 309. The van der Waals surface area contributed by atoms with E-state index in [9.17, 15) is 19.5 Å². The molecule has 2 aliphatic rings. The van der Waals surface area contributed by atoms with Gasteiger partial charge in [0.05, 0.1) is 18.8 Å². The summed E-state index contributed by atoms with van der Waals surface area (Å²) in [5, 5.41) is 9.26. The Kier molecular flexibility index (Phi) is 1.99. The SMILES string of the molecule is O=C1CC(C2CC(=O)OC2O)C(=O)O1. The van der Waals surface area contributed by atoms with E-state index in [1.165, 1.54) is 0 Å². The van der Waals surface area contributed by atoms with Crippen molar-refractivity contribution < 1.29 is 29.0 Å². The van der Waals surface area contributed by atoms with E-state index < -0.39 is 36.0 Å². The lowest BCUT2D eigenvalue weighted by Crippen LogP contribution is -2.26. The zero-order chi connectivity index (χ0) is 10.3. The molecule has 14 heavy (non-hydrogen) atoms. The molecule has 6 nitrogen and oxygen atoms in total. The minimum absolute atomic E-state index is 0.0474. The number of hydrogen-bond donors (Lipinski definition) is 1. The van der Waals surface area contributed by atoms with Crippen molar-refractivity contribution in [3.63, 3.8) is 0 Å². The van der Waals surface area contributed by atoms with Crippen molar-refractivity contribution in [1.82, 2.24) is 0 Å². The first-order chi connectivity index (χ1) is 6.58. The Morgan fingerprint density at radius 3 is 2.29 bits per heavy atom. The zero-order valence-corrected chi connectivity index (χ0v) is 7.13. The van der Waals surface area contributed by atoms with E-state index in [1.807, 2.05) is 0 Å². The van der Waals surface area contributed by atoms with E-state index in [1.54, 1.807) is 0 Å². The van der Waals surface area contributed by atoms with Crippen molar-refractivity contribution in [3.8, 4) is 0 Å². The van der Waals surface area contributed by atoms with Gasteiger partial charge >= 0.3 is 17.9 Å². The number of ether oxygens (including phenoxy) is 2. The first-order valence-corrected chi connectivity index (χ1v) is 4.20. The molecule has 2 heterocycles. The van der Waals surface area contributed by atoms with Crippen molar-refractivity contribution in [3.05, 3.63) is 0 Å². The largest absolute Gasteiger partial charge is 0.436 e. The van der Waals surface area contributed by atoms with Gasteiger partial charge in [0.15, 0.2) is 0 Å². The second-order valence-corrected chi connectivity index (χ2v) is 3.35. The van der Waals surface area contributed by atoms with Crippen molar-refractivity contribution in [2.24, 2.45) is 11.8 Å². The van der Waals surface area contributed by atoms with Crippen molar-refractivity contribution in [2.75, 3.05) is 0 Å². The summed E-state index contributed by atoms with van der Waals surface area (Å²) < 4.78 is 8.78. The molecule has 2 fully saturated rings. The number of aliphatic hydroxyl groups excluding tert-OH is 1. The third kappa shape index (κ3) is 1.37. The highest BCUT2D eigenvalue weighted by atomic mass is 16.6. The fourth-order valence-electron chi connectivity index (χ4n) is 1.72. The van der Waals surface area contributed by atoms with Gasteiger partial charge in [0.1, 0.15) is 0 Å². The topological polar surface area (TPSA) is 89.9 Å². The van der Waals surface area contributed by atoms with E-state index >= 15 is 0 Å². The normalized spacial score (nSPS) is 37.2. The summed E-state index contributed by atoms with van der Waals surface area (Å²) in [5.41, 5.74) is 0. The first kappa shape index (κ1) is 9.14. The van der Waals surface area contributed by atoms with Crippen LogP contribution in [0.1, 0.15) is 12.8 Å². The molecule has 0 aliphatic carbocycles. The third-order valence-electron chi connectivity index (χ3n) is 2.44. The molecule has 6 heteroatoms. The van der Waals surface area contributed by atoms with Gasteiger partial charge in [0.25, 0.3) is 0 Å². The average molecular weight is 200 g/mol. The standard InChI is InChI=1S/C8H8O6/c9-5-1-3(7(11)13-5)4-2-6(10)14-8(4)12/h3-4,7,11H,1-2H2. The molecule has 2 saturated heterocycles. The molecule has 76 valence electrons. The maximum absolute atomic E-state index is 11.1. The highest BCUT2D eigenvalue weighted by Crippen LogP contribution is 2.33. The van der Waals surface area contributed by atoms with Gasteiger partial charge < -0.3 is 14.6 Å². The molecule has 0 amide bonds. The second kappa shape index (κ2) is 3.06. The lowest BCUT2D eigenvalue weighted by Gasteiger charge is -2.14. The summed E-state index contributed by atoms with van der Waals surface area (Å²) in [6.07, 6.45) is -1.43. The fourth-order valence-corrected chi connectivity index (χ4v) is 1.72. The number of carbonyl (C=O) groups is 3. The van der Waals surface area contributed by atoms with Crippen molar-refractivity contribution >= 4 is 17.9 Å². The number of esters is 3. The minimum atomic E-state index is -1.30. The van der Waals surface area contributed by atoms with Crippen LogP contribution in [0.25, 0.3) is 0 Å². The lowest BCUT2D eigenvalue weighted by atomic mass is 9.89. The number of hydrogen-bond acceptors (Lipinski definition) is 6. The Morgan fingerprint density at radius 2 is 1.86 bits per heavy atom. The zero-order valence-electron chi connectivity index (χ0n) is 7.13.